The van der Waals surface area contributed by atoms with E-state index in [9.17, 15) is 19.2 Å². The fourth-order valence-corrected chi connectivity index (χ4v) is 2.94. The Morgan fingerprint density at radius 3 is 1.16 bits per heavy atom. The lowest BCUT2D eigenvalue weighted by molar-refractivity contribution is -0.121. The first-order valence-corrected chi connectivity index (χ1v) is 12.5. The molecule has 10 nitrogen and oxygen atoms in total. The predicted molar refractivity (Wildman–Crippen MR) is 144 cm³/mol. The van der Waals surface area contributed by atoms with Gasteiger partial charge in [0.2, 0.25) is 11.8 Å². The molecule has 0 saturated heterocycles. The van der Waals surface area contributed by atoms with Crippen molar-refractivity contribution in [1.82, 2.24) is 20.6 Å². The van der Waals surface area contributed by atoms with Gasteiger partial charge in [-0.1, -0.05) is 60.8 Å². The van der Waals surface area contributed by atoms with Crippen molar-refractivity contribution in [3.8, 4) is 0 Å². The van der Waals surface area contributed by atoms with Crippen molar-refractivity contribution in [3.05, 3.63) is 60.2 Å². The quantitative estimate of drug-likeness (QED) is 0.380. The van der Waals surface area contributed by atoms with Crippen molar-refractivity contribution >= 4 is 23.6 Å². The third-order valence-corrected chi connectivity index (χ3v) is 5.11. The van der Waals surface area contributed by atoms with Crippen molar-refractivity contribution in [3.63, 3.8) is 0 Å². The normalized spacial score (nSPS) is 11.7. The Kier molecular flexibility index (Phi) is 16.5. The van der Waals surface area contributed by atoms with Gasteiger partial charge in [0.1, 0.15) is 12.1 Å². The standard InChI is InChI=1S/2C11H15N3O2.C5H12/c2*1-7(2)9(10(12)15)14-11(16)8-3-5-13-6-4-8;1-3-5-4-2/h2*3-7,9H,1-2H3,(H2,12,15)(H,14,16);3-5H2,1-2H3. The molecule has 0 spiro atoms. The molecule has 6 N–H and O–H groups in total. The van der Waals surface area contributed by atoms with E-state index in [1.165, 1.54) is 44.0 Å². The summed E-state index contributed by atoms with van der Waals surface area (Å²) in [6.07, 6.45) is 10.1. The lowest BCUT2D eigenvalue weighted by Crippen LogP contribution is -2.47. The summed E-state index contributed by atoms with van der Waals surface area (Å²) in [6, 6.07) is 5.00. The third-order valence-electron chi connectivity index (χ3n) is 5.11. The zero-order valence-electron chi connectivity index (χ0n) is 22.7. The Bertz CT molecular complexity index is 874. The van der Waals surface area contributed by atoms with Gasteiger partial charge in [-0.2, -0.15) is 0 Å². The Hall–Kier alpha value is -3.82. The van der Waals surface area contributed by atoms with Crippen LogP contribution in [0.5, 0.6) is 0 Å². The van der Waals surface area contributed by atoms with Crippen LogP contribution in [0.15, 0.2) is 49.1 Å². The zero-order chi connectivity index (χ0) is 28.4. The second kappa shape index (κ2) is 18.4. The Labute approximate surface area is 220 Å². The summed E-state index contributed by atoms with van der Waals surface area (Å²) in [5, 5.41) is 5.18. The first-order valence-electron chi connectivity index (χ1n) is 12.5. The van der Waals surface area contributed by atoms with Gasteiger partial charge in [0, 0.05) is 35.9 Å². The highest BCUT2D eigenvalue weighted by Crippen LogP contribution is 2.04. The van der Waals surface area contributed by atoms with Crippen molar-refractivity contribution in [1.29, 1.82) is 0 Å². The number of rotatable bonds is 10. The number of aromatic nitrogens is 2. The predicted octanol–water partition coefficient (Wildman–Crippen LogP) is 2.84. The van der Waals surface area contributed by atoms with Crippen LogP contribution < -0.4 is 22.1 Å². The number of unbranched alkanes of at least 4 members (excludes halogenated alkanes) is 2. The van der Waals surface area contributed by atoms with E-state index < -0.39 is 23.9 Å². The highest BCUT2D eigenvalue weighted by molar-refractivity contribution is 5.97. The fourth-order valence-electron chi connectivity index (χ4n) is 2.94. The number of pyridine rings is 2. The molecule has 204 valence electrons. The molecule has 2 aromatic heterocycles. The second-order valence-corrected chi connectivity index (χ2v) is 9.02. The Morgan fingerprint density at radius 1 is 0.676 bits per heavy atom. The number of primary amides is 2. The third kappa shape index (κ3) is 13.7. The minimum atomic E-state index is -0.652. The van der Waals surface area contributed by atoms with E-state index in [0.717, 1.165) is 0 Å². The van der Waals surface area contributed by atoms with E-state index >= 15 is 0 Å². The number of carbonyl (C=O) groups is 4. The molecule has 0 saturated carbocycles. The molecule has 2 heterocycles. The van der Waals surface area contributed by atoms with Crippen LogP contribution in [0.1, 0.15) is 81.5 Å². The fraction of sp³-hybridized carbons (Fsp3) is 0.481. The van der Waals surface area contributed by atoms with Crippen LogP contribution in [0.2, 0.25) is 0 Å². The maximum Gasteiger partial charge on any atom is 0.252 e. The topological polar surface area (TPSA) is 170 Å². The summed E-state index contributed by atoms with van der Waals surface area (Å²) in [5.41, 5.74) is 11.3. The summed E-state index contributed by atoms with van der Waals surface area (Å²) >= 11 is 0. The number of nitrogens with two attached hydrogens (primary N) is 2. The van der Waals surface area contributed by atoms with Gasteiger partial charge in [0.25, 0.3) is 11.8 Å². The summed E-state index contributed by atoms with van der Waals surface area (Å²) in [6.45, 7) is 11.7. The van der Waals surface area contributed by atoms with Gasteiger partial charge in [0.15, 0.2) is 0 Å². The molecule has 0 fully saturated rings. The Morgan fingerprint density at radius 2 is 0.973 bits per heavy atom. The maximum atomic E-state index is 11.7. The van der Waals surface area contributed by atoms with Crippen LogP contribution >= 0.6 is 0 Å². The van der Waals surface area contributed by atoms with Gasteiger partial charge in [-0.15, -0.1) is 0 Å². The van der Waals surface area contributed by atoms with Crippen LogP contribution in [-0.2, 0) is 9.59 Å². The molecular formula is C27H42N6O4. The molecular weight excluding hydrogens is 472 g/mol. The van der Waals surface area contributed by atoms with Crippen LogP contribution in [0.25, 0.3) is 0 Å². The van der Waals surface area contributed by atoms with Crippen molar-refractivity contribution in [2.24, 2.45) is 23.3 Å². The molecule has 0 aromatic carbocycles. The minimum absolute atomic E-state index is 0.0386. The molecule has 0 radical (unpaired) electrons. The summed E-state index contributed by atoms with van der Waals surface area (Å²) in [4.78, 5) is 53.3. The summed E-state index contributed by atoms with van der Waals surface area (Å²) in [7, 11) is 0. The lowest BCUT2D eigenvalue weighted by Gasteiger charge is -2.18. The van der Waals surface area contributed by atoms with Crippen LogP contribution in [-0.4, -0.2) is 45.7 Å². The number of carbonyl (C=O) groups excluding carboxylic acids is 4. The van der Waals surface area contributed by atoms with Gasteiger partial charge in [-0.05, 0) is 36.1 Å². The van der Waals surface area contributed by atoms with Crippen molar-refractivity contribution in [2.75, 3.05) is 0 Å². The van der Waals surface area contributed by atoms with E-state index in [-0.39, 0.29) is 23.7 Å². The number of hydrogen-bond donors (Lipinski definition) is 4. The molecule has 0 aliphatic heterocycles. The van der Waals surface area contributed by atoms with Crippen LogP contribution in [0.3, 0.4) is 0 Å². The average molecular weight is 515 g/mol. The van der Waals surface area contributed by atoms with Gasteiger partial charge in [-0.25, -0.2) is 0 Å². The number of hydrogen-bond acceptors (Lipinski definition) is 6. The largest absolute Gasteiger partial charge is 0.368 e. The molecule has 2 unspecified atom stereocenters. The van der Waals surface area contributed by atoms with Gasteiger partial charge in [-0.3, -0.25) is 29.1 Å². The van der Waals surface area contributed by atoms with Gasteiger partial charge < -0.3 is 22.1 Å². The first kappa shape index (κ1) is 33.2. The number of nitrogens with zero attached hydrogens (tertiary/aromatic N) is 2. The molecule has 10 heteroatoms. The molecule has 4 amide bonds. The minimum Gasteiger partial charge on any atom is -0.368 e. The van der Waals surface area contributed by atoms with Crippen molar-refractivity contribution in [2.45, 2.75) is 72.9 Å². The average Bonchev–Trinajstić information content (AvgIpc) is 2.87. The molecule has 0 bridgehead atoms. The highest BCUT2D eigenvalue weighted by Gasteiger charge is 2.22. The van der Waals surface area contributed by atoms with Crippen molar-refractivity contribution < 1.29 is 19.2 Å². The molecule has 37 heavy (non-hydrogen) atoms. The molecule has 2 aromatic rings. The maximum absolute atomic E-state index is 11.7. The summed E-state index contributed by atoms with van der Waals surface area (Å²) in [5.74, 6) is -1.78. The number of nitrogens with one attached hydrogen (secondary N) is 2. The monoisotopic (exact) mass is 514 g/mol. The summed E-state index contributed by atoms with van der Waals surface area (Å²) < 4.78 is 0. The molecule has 2 atom stereocenters. The Balaban J connectivity index is 0.000000594. The van der Waals surface area contributed by atoms with E-state index in [4.69, 9.17) is 11.5 Å². The van der Waals surface area contributed by atoms with E-state index in [2.05, 4.69) is 34.4 Å². The molecule has 2 rings (SSSR count). The van der Waals surface area contributed by atoms with Gasteiger partial charge >= 0.3 is 0 Å². The lowest BCUT2D eigenvalue weighted by atomic mass is 10.0. The number of amides is 4. The van der Waals surface area contributed by atoms with Crippen LogP contribution in [0, 0.1) is 11.8 Å². The molecule has 0 aliphatic carbocycles. The second-order valence-electron chi connectivity index (χ2n) is 9.02. The van der Waals surface area contributed by atoms with E-state index in [1.807, 2.05) is 27.7 Å². The van der Waals surface area contributed by atoms with E-state index in [1.54, 1.807) is 24.3 Å². The smallest absolute Gasteiger partial charge is 0.252 e. The van der Waals surface area contributed by atoms with Crippen LogP contribution in [0.4, 0.5) is 0 Å². The zero-order valence-corrected chi connectivity index (χ0v) is 22.7. The molecule has 0 aliphatic rings. The van der Waals surface area contributed by atoms with Gasteiger partial charge in [0.05, 0.1) is 0 Å². The highest BCUT2D eigenvalue weighted by atomic mass is 16.2. The first-order chi connectivity index (χ1) is 17.5. The van der Waals surface area contributed by atoms with E-state index in [0.29, 0.717) is 11.1 Å². The SMILES string of the molecule is CC(C)C(NC(=O)c1ccncc1)C(N)=O.CC(C)C(NC(=O)c1ccncc1)C(N)=O.CCCCC.